The molecule has 4 nitrogen and oxygen atoms in total. The number of thiophene rings is 1. The summed E-state index contributed by atoms with van der Waals surface area (Å²) in [5.74, 6) is 0.387. The minimum absolute atomic E-state index is 0.0108. The SMILES string of the molecule is O=C1NCC(=O)N(Cc2csc3ccccc23)C1C1CC1. The molecule has 0 spiro atoms. The maximum absolute atomic E-state index is 12.3. The molecule has 1 atom stereocenters. The second kappa shape index (κ2) is 4.84. The molecule has 2 aliphatic rings. The Balaban J connectivity index is 1.67. The Morgan fingerprint density at radius 1 is 1.24 bits per heavy atom. The fourth-order valence-electron chi connectivity index (χ4n) is 3.07. The Morgan fingerprint density at radius 2 is 2.05 bits per heavy atom. The van der Waals surface area contributed by atoms with Crippen LogP contribution in [0.5, 0.6) is 0 Å². The molecule has 0 radical (unpaired) electrons. The van der Waals surface area contributed by atoms with E-state index < -0.39 is 0 Å². The summed E-state index contributed by atoms with van der Waals surface area (Å²) in [7, 11) is 0. The minimum atomic E-state index is -0.273. The van der Waals surface area contributed by atoms with Gasteiger partial charge in [0.2, 0.25) is 11.8 Å². The number of benzene rings is 1. The molecule has 1 aliphatic carbocycles. The highest BCUT2D eigenvalue weighted by molar-refractivity contribution is 7.17. The van der Waals surface area contributed by atoms with Crippen molar-refractivity contribution in [3.05, 3.63) is 35.2 Å². The van der Waals surface area contributed by atoms with E-state index in [4.69, 9.17) is 0 Å². The Kier molecular flexibility index (Phi) is 2.96. The molecule has 1 aromatic carbocycles. The van der Waals surface area contributed by atoms with Gasteiger partial charge in [-0.1, -0.05) is 18.2 Å². The third-order valence-corrected chi connectivity index (χ3v) is 5.32. The number of carbonyl (C=O) groups excluding carboxylic acids is 2. The van der Waals surface area contributed by atoms with Crippen LogP contribution in [0.1, 0.15) is 18.4 Å². The lowest BCUT2D eigenvalue weighted by Gasteiger charge is -2.35. The highest BCUT2D eigenvalue weighted by atomic mass is 32.1. The van der Waals surface area contributed by atoms with Gasteiger partial charge in [-0.15, -0.1) is 11.3 Å². The molecule has 1 saturated heterocycles. The standard InChI is InChI=1S/C16H16N2O2S/c19-14-7-17-16(20)15(10-5-6-10)18(14)8-11-9-21-13-4-2-1-3-12(11)13/h1-4,9-10,15H,5-8H2,(H,17,20). The molecule has 1 aromatic heterocycles. The predicted molar refractivity (Wildman–Crippen MR) is 81.9 cm³/mol. The molecule has 0 bridgehead atoms. The van der Waals surface area contributed by atoms with E-state index in [-0.39, 0.29) is 24.4 Å². The molecular weight excluding hydrogens is 284 g/mol. The zero-order chi connectivity index (χ0) is 14.4. The molecule has 2 fully saturated rings. The van der Waals surface area contributed by atoms with Gasteiger partial charge in [0.05, 0.1) is 6.54 Å². The summed E-state index contributed by atoms with van der Waals surface area (Å²) in [6, 6.07) is 7.94. The van der Waals surface area contributed by atoms with E-state index in [2.05, 4.69) is 22.8 Å². The van der Waals surface area contributed by atoms with Crippen LogP contribution in [0.25, 0.3) is 10.1 Å². The van der Waals surface area contributed by atoms with E-state index in [0.717, 1.165) is 18.4 Å². The number of rotatable bonds is 3. The molecule has 4 rings (SSSR count). The number of amides is 2. The topological polar surface area (TPSA) is 49.4 Å². The number of nitrogens with zero attached hydrogens (tertiary/aromatic N) is 1. The van der Waals surface area contributed by atoms with Crippen molar-refractivity contribution in [2.24, 2.45) is 5.92 Å². The van der Waals surface area contributed by atoms with Crippen LogP contribution in [-0.2, 0) is 16.1 Å². The molecule has 108 valence electrons. The lowest BCUT2D eigenvalue weighted by atomic mass is 10.1. The van der Waals surface area contributed by atoms with Crippen LogP contribution in [0.2, 0.25) is 0 Å². The lowest BCUT2D eigenvalue weighted by Crippen LogP contribution is -2.58. The van der Waals surface area contributed by atoms with Gasteiger partial charge in [-0.25, -0.2) is 0 Å². The summed E-state index contributed by atoms with van der Waals surface area (Å²) in [6.07, 6.45) is 2.10. The fourth-order valence-corrected chi connectivity index (χ4v) is 4.03. The zero-order valence-electron chi connectivity index (χ0n) is 11.5. The number of carbonyl (C=O) groups is 2. The molecule has 5 heteroatoms. The van der Waals surface area contributed by atoms with Crippen molar-refractivity contribution >= 4 is 33.2 Å². The summed E-state index contributed by atoms with van der Waals surface area (Å²) in [4.78, 5) is 26.2. The first-order valence-corrected chi connectivity index (χ1v) is 8.14. The molecule has 2 heterocycles. The van der Waals surface area contributed by atoms with E-state index in [9.17, 15) is 9.59 Å². The third-order valence-electron chi connectivity index (χ3n) is 4.31. The quantitative estimate of drug-likeness (QED) is 0.944. The predicted octanol–water partition coefficient (Wildman–Crippen LogP) is 2.14. The average Bonchev–Trinajstić information content (AvgIpc) is 3.24. The van der Waals surface area contributed by atoms with Gasteiger partial charge in [-0.2, -0.15) is 0 Å². The van der Waals surface area contributed by atoms with Crippen LogP contribution >= 0.6 is 11.3 Å². The van der Waals surface area contributed by atoms with Crippen LogP contribution in [0.4, 0.5) is 0 Å². The summed E-state index contributed by atoms with van der Waals surface area (Å²) in [5, 5.41) is 6.02. The van der Waals surface area contributed by atoms with Crippen LogP contribution in [-0.4, -0.2) is 29.3 Å². The first kappa shape index (κ1) is 12.8. The number of hydrogen-bond donors (Lipinski definition) is 1. The van der Waals surface area contributed by atoms with E-state index in [1.165, 1.54) is 10.1 Å². The van der Waals surface area contributed by atoms with Crippen molar-refractivity contribution in [2.45, 2.75) is 25.4 Å². The Hall–Kier alpha value is -1.88. The van der Waals surface area contributed by atoms with Gasteiger partial charge in [-0.3, -0.25) is 9.59 Å². The van der Waals surface area contributed by atoms with Gasteiger partial charge < -0.3 is 10.2 Å². The van der Waals surface area contributed by atoms with Crippen molar-refractivity contribution in [3.8, 4) is 0 Å². The number of hydrogen-bond acceptors (Lipinski definition) is 3. The third kappa shape index (κ3) is 2.21. The monoisotopic (exact) mass is 300 g/mol. The largest absolute Gasteiger partial charge is 0.345 e. The van der Waals surface area contributed by atoms with Gasteiger partial charge in [-0.05, 0) is 41.2 Å². The Bertz CT molecular complexity index is 720. The summed E-state index contributed by atoms with van der Waals surface area (Å²) < 4.78 is 1.23. The van der Waals surface area contributed by atoms with E-state index in [1.54, 1.807) is 16.2 Å². The number of nitrogens with one attached hydrogen (secondary N) is 1. The second-order valence-corrected chi connectivity index (χ2v) is 6.69. The highest BCUT2D eigenvalue weighted by Crippen LogP contribution is 2.37. The van der Waals surface area contributed by atoms with Crippen molar-refractivity contribution < 1.29 is 9.59 Å². The molecule has 1 saturated carbocycles. The van der Waals surface area contributed by atoms with E-state index >= 15 is 0 Å². The molecular formula is C16H16N2O2S. The number of fused-ring (bicyclic) bond motifs is 1. The molecule has 2 aromatic rings. The fraction of sp³-hybridized carbons (Fsp3) is 0.375. The van der Waals surface area contributed by atoms with Crippen molar-refractivity contribution in [1.29, 1.82) is 0 Å². The van der Waals surface area contributed by atoms with Crippen LogP contribution in [0.3, 0.4) is 0 Å². The minimum Gasteiger partial charge on any atom is -0.345 e. The van der Waals surface area contributed by atoms with Gasteiger partial charge in [0, 0.05) is 11.2 Å². The molecule has 1 unspecified atom stereocenters. The number of piperazine rings is 1. The van der Waals surface area contributed by atoms with Crippen LogP contribution in [0.15, 0.2) is 29.6 Å². The molecule has 1 aliphatic heterocycles. The summed E-state index contributed by atoms with van der Waals surface area (Å²) >= 11 is 1.69. The van der Waals surface area contributed by atoms with Crippen molar-refractivity contribution in [1.82, 2.24) is 10.2 Å². The first-order chi connectivity index (χ1) is 10.2. The van der Waals surface area contributed by atoms with Gasteiger partial charge in [0.25, 0.3) is 0 Å². The lowest BCUT2D eigenvalue weighted by molar-refractivity contribution is -0.147. The Morgan fingerprint density at radius 3 is 2.86 bits per heavy atom. The smallest absolute Gasteiger partial charge is 0.243 e. The zero-order valence-corrected chi connectivity index (χ0v) is 12.4. The maximum atomic E-state index is 12.3. The maximum Gasteiger partial charge on any atom is 0.243 e. The van der Waals surface area contributed by atoms with Crippen LogP contribution < -0.4 is 5.32 Å². The summed E-state index contributed by atoms with van der Waals surface area (Å²) in [6.45, 7) is 0.668. The normalized spacial score (nSPS) is 22.7. The summed E-state index contributed by atoms with van der Waals surface area (Å²) in [5.41, 5.74) is 1.14. The van der Waals surface area contributed by atoms with Gasteiger partial charge >= 0.3 is 0 Å². The van der Waals surface area contributed by atoms with Gasteiger partial charge in [0.15, 0.2) is 0 Å². The average molecular weight is 300 g/mol. The van der Waals surface area contributed by atoms with E-state index in [0.29, 0.717) is 12.5 Å². The Labute approximate surface area is 126 Å². The first-order valence-electron chi connectivity index (χ1n) is 7.26. The van der Waals surface area contributed by atoms with Gasteiger partial charge in [0.1, 0.15) is 6.04 Å². The second-order valence-electron chi connectivity index (χ2n) is 5.78. The molecule has 2 amide bonds. The van der Waals surface area contributed by atoms with Crippen molar-refractivity contribution in [3.63, 3.8) is 0 Å². The van der Waals surface area contributed by atoms with E-state index in [1.807, 2.05) is 12.1 Å². The van der Waals surface area contributed by atoms with Crippen LogP contribution in [0, 0.1) is 5.92 Å². The van der Waals surface area contributed by atoms with Crippen molar-refractivity contribution in [2.75, 3.05) is 6.54 Å². The molecule has 1 N–H and O–H groups in total. The highest BCUT2D eigenvalue weighted by Gasteiger charge is 2.44. The molecule has 21 heavy (non-hydrogen) atoms.